The van der Waals surface area contributed by atoms with Crippen LogP contribution in [0.25, 0.3) is 22.9 Å². The maximum Gasteiger partial charge on any atom is 0.410 e. The van der Waals surface area contributed by atoms with Crippen LogP contribution in [0.5, 0.6) is 0 Å². The lowest BCUT2D eigenvalue weighted by Crippen LogP contribution is -2.39. The number of nitrogens with zero attached hydrogens (tertiary/aromatic N) is 6. The van der Waals surface area contributed by atoms with Gasteiger partial charge in [0.1, 0.15) is 11.4 Å². The van der Waals surface area contributed by atoms with Crippen molar-refractivity contribution in [1.82, 2.24) is 29.9 Å². The molecular formula is C25H23F3N6O4S. The fourth-order valence-corrected chi connectivity index (χ4v) is 4.16. The zero-order chi connectivity index (χ0) is 27.9. The van der Waals surface area contributed by atoms with Gasteiger partial charge in [-0.25, -0.2) is 13.9 Å². The Hall–Kier alpha value is -4.07. The fraction of sp³-hybridized carbons (Fsp3) is 0.360. The number of aromatic nitrogens is 5. The van der Waals surface area contributed by atoms with E-state index in [0.717, 1.165) is 17.2 Å². The van der Waals surface area contributed by atoms with Gasteiger partial charge < -0.3 is 18.5 Å². The number of fused-ring (bicyclic) bond motifs is 1. The third-order valence-electron chi connectivity index (χ3n) is 5.81. The van der Waals surface area contributed by atoms with Crippen molar-refractivity contribution in [3.05, 3.63) is 63.8 Å². The lowest BCUT2D eigenvalue weighted by molar-refractivity contribution is 0.0224. The number of benzene rings is 1. The summed E-state index contributed by atoms with van der Waals surface area (Å²) in [5.74, 6) is -1.62. The number of alkyl halides is 2. The lowest BCUT2D eigenvalue weighted by atomic mass is 9.97. The first-order valence-electron chi connectivity index (χ1n) is 11.9. The van der Waals surface area contributed by atoms with E-state index in [1.165, 1.54) is 10.9 Å². The zero-order valence-electron chi connectivity index (χ0n) is 21.2. The Morgan fingerprint density at radius 1 is 1.13 bits per heavy atom. The standard InChI is InChI=1S/C25H23F3N6O4S/c1-25(2,3)38-23(35)33-7-6-13-8-14(4-5-15(13)11-33)21-32-34(24(39)37-21)12-18-17(26)9-16(10-29-18)20-30-31-22(36-20)19(27)28/h4-5,8-10,19H,6-7,11-12H2,1-3H3. The van der Waals surface area contributed by atoms with Crippen molar-refractivity contribution in [2.24, 2.45) is 0 Å². The largest absolute Gasteiger partial charge is 0.444 e. The molecule has 10 nitrogen and oxygen atoms in total. The van der Waals surface area contributed by atoms with E-state index >= 15 is 0 Å². The highest BCUT2D eigenvalue weighted by Gasteiger charge is 2.26. The third kappa shape index (κ3) is 5.85. The van der Waals surface area contributed by atoms with Gasteiger partial charge in [-0.1, -0.05) is 6.07 Å². The van der Waals surface area contributed by atoms with Crippen LogP contribution >= 0.6 is 12.2 Å². The van der Waals surface area contributed by atoms with E-state index in [1.807, 2.05) is 39.0 Å². The molecule has 3 aromatic heterocycles. The number of halogens is 3. The van der Waals surface area contributed by atoms with Gasteiger partial charge in [0.15, 0.2) is 0 Å². The number of amides is 1. The Bertz CT molecular complexity index is 1590. The van der Waals surface area contributed by atoms with Crippen LogP contribution in [0.4, 0.5) is 18.0 Å². The van der Waals surface area contributed by atoms with Crippen molar-refractivity contribution in [3.63, 3.8) is 0 Å². The molecule has 0 fully saturated rings. The number of ether oxygens (including phenoxy) is 1. The van der Waals surface area contributed by atoms with Crippen LogP contribution in [-0.2, 0) is 24.2 Å². The lowest BCUT2D eigenvalue weighted by Gasteiger charge is -2.31. The Balaban J connectivity index is 1.31. The summed E-state index contributed by atoms with van der Waals surface area (Å²) in [6, 6.07) is 6.70. The number of hydrogen-bond donors (Lipinski definition) is 0. The summed E-state index contributed by atoms with van der Waals surface area (Å²) in [5.41, 5.74) is 2.19. The molecule has 0 spiro atoms. The second-order valence-corrected chi connectivity index (χ2v) is 10.2. The van der Waals surface area contributed by atoms with E-state index < -0.39 is 23.7 Å². The minimum atomic E-state index is -2.94. The van der Waals surface area contributed by atoms with Gasteiger partial charge in [-0.2, -0.15) is 8.78 Å². The van der Waals surface area contributed by atoms with E-state index in [4.69, 9.17) is 25.8 Å². The van der Waals surface area contributed by atoms with Crippen molar-refractivity contribution < 1.29 is 31.5 Å². The molecule has 14 heteroatoms. The van der Waals surface area contributed by atoms with Gasteiger partial charge >= 0.3 is 12.5 Å². The monoisotopic (exact) mass is 560 g/mol. The molecule has 0 saturated heterocycles. The summed E-state index contributed by atoms with van der Waals surface area (Å²) < 4.78 is 57.4. The second kappa shape index (κ2) is 10.2. The van der Waals surface area contributed by atoms with Gasteiger partial charge in [-0.15, -0.1) is 15.3 Å². The molecule has 4 aromatic rings. The molecule has 1 aromatic carbocycles. The van der Waals surface area contributed by atoms with Gasteiger partial charge in [0.2, 0.25) is 11.8 Å². The molecule has 0 atom stereocenters. The second-order valence-electron chi connectivity index (χ2n) is 9.86. The summed E-state index contributed by atoms with van der Waals surface area (Å²) in [5, 5.41) is 11.1. The molecule has 39 heavy (non-hydrogen) atoms. The van der Waals surface area contributed by atoms with Crippen LogP contribution < -0.4 is 0 Å². The molecule has 0 unspecified atom stereocenters. The van der Waals surface area contributed by atoms with Gasteiger partial charge in [-0.05, 0) is 68.7 Å². The minimum Gasteiger partial charge on any atom is -0.444 e. The predicted octanol–water partition coefficient (Wildman–Crippen LogP) is 5.74. The summed E-state index contributed by atoms with van der Waals surface area (Å²) in [6.07, 6.45) is -1.43. The number of carbonyl (C=O) groups is 1. The Kier molecular flexibility index (Phi) is 6.97. The Labute approximate surface area is 225 Å². The normalized spacial score (nSPS) is 13.6. The van der Waals surface area contributed by atoms with Crippen LogP contribution in [0.2, 0.25) is 0 Å². The molecule has 0 aliphatic carbocycles. The van der Waals surface area contributed by atoms with Crippen molar-refractivity contribution in [3.8, 4) is 22.9 Å². The summed E-state index contributed by atoms with van der Waals surface area (Å²) in [6.45, 7) is 6.29. The number of carbonyl (C=O) groups excluding carboxylic acids is 1. The minimum absolute atomic E-state index is 0.00373. The summed E-state index contributed by atoms with van der Waals surface area (Å²) >= 11 is 5.27. The predicted molar refractivity (Wildman–Crippen MR) is 133 cm³/mol. The molecule has 1 aliphatic heterocycles. The van der Waals surface area contributed by atoms with Crippen LogP contribution in [-0.4, -0.2) is 48.1 Å². The third-order valence-corrected chi connectivity index (χ3v) is 6.11. The average Bonchev–Trinajstić information content (AvgIpc) is 3.51. The van der Waals surface area contributed by atoms with Gasteiger partial charge in [0, 0.05) is 24.8 Å². The van der Waals surface area contributed by atoms with Crippen LogP contribution in [0.1, 0.15) is 49.9 Å². The maximum atomic E-state index is 14.8. The highest BCUT2D eigenvalue weighted by Crippen LogP contribution is 2.28. The van der Waals surface area contributed by atoms with Gasteiger partial charge in [-0.3, -0.25) is 4.98 Å². The molecule has 204 valence electrons. The van der Waals surface area contributed by atoms with E-state index in [9.17, 15) is 18.0 Å². The molecule has 1 aliphatic rings. The SMILES string of the molecule is CC(C)(C)OC(=O)N1CCc2cc(-c3nn(Cc4ncc(-c5nnc(C(F)F)o5)cc4F)c(=S)o3)ccc2C1. The molecular weight excluding hydrogens is 537 g/mol. The molecule has 0 N–H and O–H groups in total. The quantitative estimate of drug-likeness (QED) is 0.282. The fourth-order valence-electron chi connectivity index (χ4n) is 3.97. The van der Waals surface area contributed by atoms with Crippen molar-refractivity contribution >= 4 is 18.3 Å². The highest BCUT2D eigenvalue weighted by atomic mass is 32.1. The number of rotatable bonds is 5. The first-order valence-corrected chi connectivity index (χ1v) is 12.3. The molecule has 0 radical (unpaired) electrons. The molecule has 0 bridgehead atoms. The smallest absolute Gasteiger partial charge is 0.410 e. The van der Waals surface area contributed by atoms with Crippen molar-refractivity contribution in [2.75, 3.05) is 6.54 Å². The Morgan fingerprint density at radius 3 is 2.62 bits per heavy atom. The topological polar surface area (TPSA) is 112 Å². The van der Waals surface area contributed by atoms with Crippen LogP contribution in [0.15, 0.2) is 39.3 Å². The zero-order valence-corrected chi connectivity index (χ0v) is 22.0. The van der Waals surface area contributed by atoms with E-state index in [1.54, 1.807) is 4.90 Å². The van der Waals surface area contributed by atoms with Crippen LogP contribution in [0.3, 0.4) is 0 Å². The number of hydrogen-bond acceptors (Lipinski definition) is 9. The van der Waals surface area contributed by atoms with E-state index in [2.05, 4.69) is 20.3 Å². The van der Waals surface area contributed by atoms with Gasteiger partial charge in [0.25, 0.3) is 10.7 Å². The highest BCUT2D eigenvalue weighted by molar-refractivity contribution is 7.71. The van der Waals surface area contributed by atoms with Crippen molar-refractivity contribution in [1.29, 1.82) is 0 Å². The average molecular weight is 561 g/mol. The molecule has 4 heterocycles. The van der Waals surface area contributed by atoms with Crippen molar-refractivity contribution in [2.45, 2.75) is 52.3 Å². The van der Waals surface area contributed by atoms with E-state index in [-0.39, 0.29) is 40.5 Å². The molecule has 0 saturated carbocycles. The summed E-state index contributed by atoms with van der Waals surface area (Å²) in [7, 11) is 0. The maximum absolute atomic E-state index is 14.8. The Morgan fingerprint density at radius 2 is 1.92 bits per heavy atom. The molecule has 1 amide bonds. The van der Waals surface area contributed by atoms with Crippen LogP contribution in [0, 0.1) is 10.7 Å². The summed E-state index contributed by atoms with van der Waals surface area (Å²) in [4.78, 5) is 18.2. The first kappa shape index (κ1) is 26.5. The van der Waals surface area contributed by atoms with Gasteiger partial charge in [0.05, 0.1) is 17.8 Å². The first-order chi connectivity index (χ1) is 18.5. The number of pyridine rings is 1. The van der Waals surface area contributed by atoms with E-state index in [0.29, 0.717) is 25.1 Å². The molecule has 5 rings (SSSR count).